The fourth-order valence-corrected chi connectivity index (χ4v) is 1.52. The van der Waals surface area contributed by atoms with Crippen molar-refractivity contribution < 1.29 is 19.4 Å². The molecule has 0 saturated heterocycles. The largest absolute Gasteiger partial charge is 0.475 e. The number of aromatic carboxylic acids is 1. The van der Waals surface area contributed by atoms with Crippen molar-refractivity contribution in [1.82, 2.24) is 4.90 Å². The van der Waals surface area contributed by atoms with E-state index in [2.05, 4.69) is 0 Å². The molecule has 1 aromatic heterocycles. The van der Waals surface area contributed by atoms with E-state index < -0.39 is 11.5 Å². The molecule has 0 radical (unpaired) electrons. The summed E-state index contributed by atoms with van der Waals surface area (Å²) in [6.07, 6.45) is 0. The predicted molar refractivity (Wildman–Crippen MR) is 63.0 cm³/mol. The third-order valence-corrected chi connectivity index (χ3v) is 3.17. The minimum Gasteiger partial charge on any atom is -0.475 e. The van der Waals surface area contributed by atoms with Gasteiger partial charge in [-0.2, -0.15) is 0 Å². The smallest absolute Gasteiger partial charge is 0.371 e. The van der Waals surface area contributed by atoms with Crippen molar-refractivity contribution in [3.05, 3.63) is 23.7 Å². The molecule has 0 amide bonds. The molecular weight excluding hydrogens is 222 g/mol. The van der Waals surface area contributed by atoms with E-state index in [4.69, 9.17) is 9.52 Å². The van der Waals surface area contributed by atoms with E-state index >= 15 is 0 Å². The highest BCUT2D eigenvalue weighted by atomic mass is 16.4. The van der Waals surface area contributed by atoms with E-state index in [-0.39, 0.29) is 18.4 Å². The van der Waals surface area contributed by atoms with Crippen LogP contribution in [0.25, 0.3) is 0 Å². The topological polar surface area (TPSA) is 73.9 Å². The molecule has 0 fully saturated rings. The Balaban J connectivity index is 2.88. The first-order chi connectivity index (χ1) is 7.79. The molecular formula is C12H19NO4. The highest BCUT2D eigenvalue weighted by molar-refractivity contribution is 5.84. The number of hydrogen-bond donors (Lipinski definition) is 2. The quantitative estimate of drug-likeness (QED) is 0.821. The molecule has 0 saturated carbocycles. The van der Waals surface area contributed by atoms with Crippen molar-refractivity contribution in [1.29, 1.82) is 0 Å². The van der Waals surface area contributed by atoms with Crippen LogP contribution in [0.5, 0.6) is 0 Å². The summed E-state index contributed by atoms with van der Waals surface area (Å²) in [5.74, 6) is -0.569. The number of nitrogens with zero attached hydrogens (tertiary/aromatic N) is 1. The molecule has 0 aromatic carbocycles. The van der Waals surface area contributed by atoms with Crippen LogP contribution in [0.15, 0.2) is 16.5 Å². The van der Waals surface area contributed by atoms with Crippen molar-refractivity contribution in [3.63, 3.8) is 0 Å². The number of carbonyl (C=O) groups is 1. The van der Waals surface area contributed by atoms with Gasteiger partial charge in [-0.05, 0) is 40.0 Å². The normalized spacial score (nSPS) is 14.0. The molecule has 5 heteroatoms. The SMILES string of the molecule is CC(c1ccc(C(=O)O)o1)N(C)C(C)(C)CO. The Labute approximate surface area is 101 Å². The van der Waals surface area contributed by atoms with Crippen molar-refractivity contribution in [2.75, 3.05) is 13.7 Å². The first-order valence-electron chi connectivity index (χ1n) is 5.46. The van der Waals surface area contributed by atoms with Gasteiger partial charge in [0, 0.05) is 5.54 Å². The summed E-state index contributed by atoms with van der Waals surface area (Å²) in [5.41, 5.74) is -0.393. The van der Waals surface area contributed by atoms with Crippen molar-refractivity contribution in [2.45, 2.75) is 32.4 Å². The van der Waals surface area contributed by atoms with E-state index in [0.29, 0.717) is 5.76 Å². The Morgan fingerprint density at radius 3 is 2.53 bits per heavy atom. The maximum absolute atomic E-state index is 10.7. The molecule has 5 nitrogen and oxygen atoms in total. The van der Waals surface area contributed by atoms with E-state index in [1.165, 1.54) is 6.07 Å². The van der Waals surface area contributed by atoms with Crippen LogP contribution in [-0.4, -0.2) is 40.3 Å². The molecule has 0 aliphatic carbocycles. The van der Waals surface area contributed by atoms with Crippen LogP contribution in [0.4, 0.5) is 0 Å². The number of likely N-dealkylation sites (N-methyl/N-ethyl adjacent to an activating group) is 1. The minimum atomic E-state index is -1.08. The van der Waals surface area contributed by atoms with Gasteiger partial charge < -0.3 is 14.6 Å². The lowest BCUT2D eigenvalue weighted by Crippen LogP contribution is -2.45. The molecule has 1 unspecified atom stereocenters. The van der Waals surface area contributed by atoms with Gasteiger partial charge in [0.15, 0.2) is 0 Å². The third-order valence-electron chi connectivity index (χ3n) is 3.17. The second-order valence-electron chi connectivity index (χ2n) is 4.76. The number of carboxylic acid groups (broad SMARTS) is 1. The van der Waals surface area contributed by atoms with Crippen LogP contribution in [0.2, 0.25) is 0 Å². The molecule has 0 aliphatic rings. The van der Waals surface area contributed by atoms with Crippen LogP contribution >= 0.6 is 0 Å². The summed E-state index contributed by atoms with van der Waals surface area (Å²) in [4.78, 5) is 12.7. The zero-order valence-corrected chi connectivity index (χ0v) is 10.6. The second kappa shape index (κ2) is 4.89. The first-order valence-corrected chi connectivity index (χ1v) is 5.46. The van der Waals surface area contributed by atoms with Gasteiger partial charge in [-0.3, -0.25) is 4.90 Å². The second-order valence-corrected chi connectivity index (χ2v) is 4.76. The summed E-state index contributed by atoms with van der Waals surface area (Å²) in [7, 11) is 1.86. The van der Waals surface area contributed by atoms with E-state index in [0.717, 1.165) is 0 Å². The number of furan rings is 1. The average molecular weight is 241 g/mol. The average Bonchev–Trinajstić information content (AvgIpc) is 2.76. The molecule has 0 aliphatic heterocycles. The Morgan fingerprint density at radius 2 is 2.12 bits per heavy atom. The van der Waals surface area contributed by atoms with E-state index in [9.17, 15) is 9.90 Å². The Hall–Kier alpha value is -1.33. The summed E-state index contributed by atoms with van der Waals surface area (Å²) in [5, 5.41) is 18.1. The summed E-state index contributed by atoms with van der Waals surface area (Å²) in [6, 6.07) is 2.98. The van der Waals surface area contributed by atoms with Crippen LogP contribution < -0.4 is 0 Å². The Kier molecular flexibility index (Phi) is 3.95. The fraction of sp³-hybridized carbons (Fsp3) is 0.583. The zero-order valence-electron chi connectivity index (χ0n) is 10.6. The summed E-state index contributed by atoms with van der Waals surface area (Å²) in [6.45, 7) is 5.73. The monoisotopic (exact) mass is 241 g/mol. The van der Waals surface area contributed by atoms with Gasteiger partial charge in [0.25, 0.3) is 0 Å². The lowest BCUT2D eigenvalue weighted by Gasteiger charge is -2.37. The molecule has 96 valence electrons. The molecule has 2 N–H and O–H groups in total. The molecule has 0 spiro atoms. The van der Waals surface area contributed by atoms with Crippen molar-refractivity contribution in [2.24, 2.45) is 0 Å². The van der Waals surface area contributed by atoms with Crippen LogP contribution in [0.1, 0.15) is 43.1 Å². The maximum atomic E-state index is 10.7. The van der Waals surface area contributed by atoms with Crippen LogP contribution in [-0.2, 0) is 0 Å². The number of rotatable bonds is 5. The molecule has 1 rings (SSSR count). The van der Waals surface area contributed by atoms with Gasteiger partial charge in [0.05, 0.1) is 12.6 Å². The lowest BCUT2D eigenvalue weighted by molar-refractivity contribution is 0.0419. The maximum Gasteiger partial charge on any atom is 0.371 e. The van der Waals surface area contributed by atoms with Gasteiger partial charge in [-0.25, -0.2) is 4.79 Å². The summed E-state index contributed by atoms with van der Waals surface area (Å²) >= 11 is 0. The molecule has 1 heterocycles. The highest BCUT2D eigenvalue weighted by Crippen LogP contribution is 2.27. The van der Waals surface area contributed by atoms with Crippen LogP contribution in [0, 0.1) is 0 Å². The van der Waals surface area contributed by atoms with Gasteiger partial charge >= 0.3 is 5.97 Å². The van der Waals surface area contributed by atoms with E-state index in [1.54, 1.807) is 6.07 Å². The van der Waals surface area contributed by atoms with Gasteiger partial charge in [0.1, 0.15) is 5.76 Å². The van der Waals surface area contributed by atoms with Gasteiger partial charge in [-0.15, -0.1) is 0 Å². The molecule has 1 aromatic rings. The number of hydrogen-bond acceptors (Lipinski definition) is 4. The van der Waals surface area contributed by atoms with Gasteiger partial charge in [0.2, 0.25) is 5.76 Å². The third kappa shape index (κ3) is 2.87. The highest BCUT2D eigenvalue weighted by Gasteiger charge is 2.29. The van der Waals surface area contributed by atoms with Crippen LogP contribution in [0.3, 0.4) is 0 Å². The molecule has 1 atom stereocenters. The minimum absolute atomic E-state index is 0.0142. The Morgan fingerprint density at radius 1 is 1.53 bits per heavy atom. The Bertz CT molecular complexity index is 397. The first kappa shape index (κ1) is 13.7. The van der Waals surface area contributed by atoms with E-state index in [1.807, 2.05) is 32.7 Å². The van der Waals surface area contributed by atoms with Crippen molar-refractivity contribution in [3.8, 4) is 0 Å². The van der Waals surface area contributed by atoms with Crippen molar-refractivity contribution >= 4 is 5.97 Å². The zero-order chi connectivity index (χ0) is 13.2. The number of aliphatic hydroxyl groups is 1. The molecule has 0 bridgehead atoms. The van der Waals surface area contributed by atoms with Gasteiger partial charge in [-0.1, -0.05) is 0 Å². The summed E-state index contributed by atoms with van der Waals surface area (Å²) < 4.78 is 5.24. The predicted octanol–water partition coefficient (Wildman–Crippen LogP) is 1.74. The lowest BCUT2D eigenvalue weighted by atomic mass is 10.0. The number of aliphatic hydroxyl groups excluding tert-OH is 1. The fourth-order valence-electron chi connectivity index (χ4n) is 1.52. The standard InChI is InChI=1S/C12H19NO4/c1-8(13(4)12(2,3)7-14)9-5-6-10(17-9)11(15)16/h5-6,8,14H,7H2,1-4H3,(H,15,16). The molecule has 17 heavy (non-hydrogen) atoms. The number of carboxylic acids is 1.